The number of rotatable bonds is 6. The van der Waals surface area contributed by atoms with Crippen LogP contribution in [-0.4, -0.2) is 28.9 Å². The Morgan fingerprint density at radius 1 is 1.13 bits per heavy atom. The molecule has 3 aromatic rings. The number of nitriles is 1. The Bertz CT molecular complexity index is 1230. The summed E-state index contributed by atoms with van der Waals surface area (Å²) in [5.41, 5.74) is 1.14. The van der Waals surface area contributed by atoms with Crippen molar-refractivity contribution in [3.8, 4) is 17.3 Å². The average molecular weight is 446 g/mol. The first-order valence-electron chi connectivity index (χ1n) is 9.14. The van der Waals surface area contributed by atoms with E-state index in [1.54, 1.807) is 41.1 Å². The van der Waals surface area contributed by atoms with Crippen LogP contribution in [0.25, 0.3) is 11.3 Å². The molecule has 0 aliphatic carbocycles. The van der Waals surface area contributed by atoms with Gasteiger partial charge in [-0.3, -0.25) is 4.72 Å². The van der Waals surface area contributed by atoms with Gasteiger partial charge in [-0.05, 0) is 45.0 Å². The minimum atomic E-state index is -4.73. The van der Waals surface area contributed by atoms with E-state index in [4.69, 9.17) is 5.26 Å². The highest BCUT2D eigenvalue weighted by molar-refractivity contribution is 7.93. The van der Waals surface area contributed by atoms with Crippen LogP contribution in [0.1, 0.15) is 26.5 Å². The highest BCUT2D eigenvalue weighted by Gasteiger charge is 2.24. The van der Waals surface area contributed by atoms with Crippen LogP contribution in [0.3, 0.4) is 0 Å². The standard InChI is InChI=1S/C20H20F2N6O2S/c1-20(2,3)28-18(25-17-6-4-5-15(12-23)24-17)11-16(26-28)13-7-9-14(10-8-13)27-31(29,30)19(21)22/h4-11,19,27H,1-3H3,(H,24,25). The number of halogens is 2. The Hall–Kier alpha value is -3.52. The number of aromatic nitrogens is 3. The highest BCUT2D eigenvalue weighted by Crippen LogP contribution is 2.29. The molecule has 0 amide bonds. The van der Waals surface area contributed by atoms with Crippen LogP contribution in [0, 0.1) is 11.3 Å². The number of anilines is 3. The van der Waals surface area contributed by atoms with Crippen LogP contribution in [0.5, 0.6) is 0 Å². The van der Waals surface area contributed by atoms with Gasteiger partial charge in [0.2, 0.25) is 0 Å². The minimum absolute atomic E-state index is 0.0233. The first-order valence-corrected chi connectivity index (χ1v) is 10.7. The first kappa shape index (κ1) is 22.2. The van der Waals surface area contributed by atoms with Gasteiger partial charge in [-0.15, -0.1) is 0 Å². The molecule has 8 nitrogen and oxygen atoms in total. The van der Waals surface area contributed by atoms with Gasteiger partial charge in [0.05, 0.1) is 11.2 Å². The summed E-state index contributed by atoms with van der Waals surface area (Å²) >= 11 is 0. The number of alkyl halides is 2. The molecule has 0 atom stereocenters. The van der Waals surface area contributed by atoms with E-state index < -0.39 is 15.8 Å². The monoisotopic (exact) mass is 446 g/mol. The summed E-state index contributed by atoms with van der Waals surface area (Å²) in [5.74, 6) is -2.41. The Morgan fingerprint density at radius 3 is 2.39 bits per heavy atom. The lowest BCUT2D eigenvalue weighted by molar-refractivity contribution is 0.236. The van der Waals surface area contributed by atoms with Crippen LogP contribution in [0.4, 0.5) is 26.1 Å². The lowest BCUT2D eigenvalue weighted by Gasteiger charge is -2.22. The molecule has 0 spiro atoms. The van der Waals surface area contributed by atoms with E-state index >= 15 is 0 Å². The summed E-state index contributed by atoms with van der Waals surface area (Å²) < 4.78 is 51.3. The highest BCUT2D eigenvalue weighted by atomic mass is 32.2. The van der Waals surface area contributed by atoms with Gasteiger partial charge in [-0.25, -0.2) is 18.1 Å². The molecule has 0 fully saturated rings. The van der Waals surface area contributed by atoms with Gasteiger partial charge in [-0.1, -0.05) is 18.2 Å². The fraction of sp³-hybridized carbons (Fsp3) is 0.250. The molecule has 0 radical (unpaired) electrons. The third-order valence-electron chi connectivity index (χ3n) is 4.14. The van der Waals surface area contributed by atoms with Crippen LogP contribution in [0.2, 0.25) is 0 Å². The molecule has 2 heterocycles. The lowest BCUT2D eigenvalue weighted by atomic mass is 10.1. The molecule has 0 saturated heterocycles. The van der Waals surface area contributed by atoms with Gasteiger partial charge >= 0.3 is 5.76 Å². The van der Waals surface area contributed by atoms with Crippen molar-refractivity contribution in [3.05, 3.63) is 54.2 Å². The zero-order valence-corrected chi connectivity index (χ0v) is 17.8. The molecular formula is C20H20F2N6O2S. The van der Waals surface area contributed by atoms with Gasteiger partial charge in [-0.2, -0.15) is 19.1 Å². The Kier molecular flexibility index (Phi) is 5.94. The Labute approximate surface area is 178 Å². The maximum Gasteiger partial charge on any atom is 0.355 e. The van der Waals surface area contributed by atoms with E-state index in [0.29, 0.717) is 22.9 Å². The van der Waals surface area contributed by atoms with Crippen molar-refractivity contribution in [1.29, 1.82) is 5.26 Å². The van der Waals surface area contributed by atoms with Crippen molar-refractivity contribution in [2.75, 3.05) is 10.0 Å². The molecular weight excluding hydrogens is 426 g/mol. The second-order valence-corrected chi connectivity index (χ2v) is 9.28. The van der Waals surface area contributed by atoms with Crippen molar-refractivity contribution in [2.24, 2.45) is 0 Å². The molecule has 1 aromatic carbocycles. The Balaban J connectivity index is 1.93. The van der Waals surface area contributed by atoms with E-state index in [1.165, 1.54) is 12.1 Å². The summed E-state index contributed by atoms with van der Waals surface area (Å²) in [6, 6.07) is 14.7. The number of benzene rings is 1. The van der Waals surface area contributed by atoms with E-state index in [1.807, 2.05) is 31.6 Å². The van der Waals surface area contributed by atoms with Crippen molar-refractivity contribution in [2.45, 2.75) is 32.1 Å². The van der Waals surface area contributed by atoms with E-state index in [0.717, 1.165) is 0 Å². The summed E-state index contributed by atoms with van der Waals surface area (Å²) in [6.07, 6.45) is 0. The van der Waals surface area contributed by atoms with Crippen molar-refractivity contribution < 1.29 is 17.2 Å². The van der Waals surface area contributed by atoms with E-state index in [-0.39, 0.29) is 16.9 Å². The fourth-order valence-electron chi connectivity index (χ4n) is 2.74. The number of hydrogen-bond donors (Lipinski definition) is 2. The smallest absolute Gasteiger partial charge is 0.325 e. The molecule has 0 saturated carbocycles. The van der Waals surface area contributed by atoms with Gasteiger partial charge in [0.1, 0.15) is 23.4 Å². The van der Waals surface area contributed by atoms with E-state index in [2.05, 4.69) is 15.4 Å². The second-order valence-electron chi connectivity index (χ2n) is 7.63. The van der Waals surface area contributed by atoms with Crippen LogP contribution in [0.15, 0.2) is 48.5 Å². The summed E-state index contributed by atoms with van der Waals surface area (Å²) in [6.45, 7) is 5.91. The van der Waals surface area contributed by atoms with Crippen molar-refractivity contribution in [1.82, 2.24) is 14.8 Å². The zero-order valence-electron chi connectivity index (χ0n) is 17.0. The predicted molar refractivity (Wildman–Crippen MR) is 113 cm³/mol. The molecule has 3 rings (SSSR count). The quantitative estimate of drug-likeness (QED) is 0.584. The average Bonchev–Trinajstić information content (AvgIpc) is 3.12. The Morgan fingerprint density at radius 2 is 1.81 bits per heavy atom. The normalized spacial score (nSPS) is 11.9. The SMILES string of the molecule is CC(C)(C)n1nc(-c2ccc(NS(=O)(=O)C(F)F)cc2)cc1Nc1cccc(C#N)n1. The first-order chi connectivity index (χ1) is 14.5. The molecule has 11 heteroatoms. The third-order valence-corrected chi connectivity index (χ3v) is 5.13. The van der Waals surface area contributed by atoms with Crippen LogP contribution in [-0.2, 0) is 15.6 Å². The largest absolute Gasteiger partial charge is 0.355 e. The third kappa shape index (κ3) is 5.16. The zero-order chi connectivity index (χ0) is 22.8. The maximum absolute atomic E-state index is 12.5. The number of nitrogens with one attached hydrogen (secondary N) is 2. The van der Waals surface area contributed by atoms with Gasteiger partial charge in [0, 0.05) is 17.3 Å². The van der Waals surface area contributed by atoms with Crippen LogP contribution >= 0.6 is 0 Å². The molecule has 162 valence electrons. The summed E-state index contributed by atoms with van der Waals surface area (Å²) in [5, 5.41) is 16.8. The lowest BCUT2D eigenvalue weighted by Crippen LogP contribution is -2.24. The maximum atomic E-state index is 12.5. The molecule has 0 bridgehead atoms. The number of sulfonamides is 1. The molecule has 0 unspecified atom stereocenters. The molecule has 0 aliphatic heterocycles. The van der Waals surface area contributed by atoms with Crippen molar-refractivity contribution >= 4 is 27.3 Å². The van der Waals surface area contributed by atoms with Crippen LogP contribution < -0.4 is 10.0 Å². The predicted octanol–water partition coefficient (Wildman–Crippen LogP) is 4.28. The number of pyridine rings is 1. The second kappa shape index (κ2) is 8.31. The van der Waals surface area contributed by atoms with Gasteiger partial charge in [0.25, 0.3) is 10.0 Å². The number of nitrogens with zero attached hydrogens (tertiary/aromatic N) is 4. The van der Waals surface area contributed by atoms with Crippen molar-refractivity contribution in [3.63, 3.8) is 0 Å². The summed E-state index contributed by atoms with van der Waals surface area (Å²) in [7, 11) is -4.73. The minimum Gasteiger partial charge on any atom is -0.325 e. The molecule has 0 aliphatic rings. The number of hydrogen-bond acceptors (Lipinski definition) is 6. The fourth-order valence-corrected chi connectivity index (χ4v) is 3.29. The van der Waals surface area contributed by atoms with Gasteiger partial charge in [0.15, 0.2) is 0 Å². The molecule has 2 aromatic heterocycles. The van der Waals surface area contributed by atoms with E-state index in [9.17, 15) is 17.2 Å². The topological polar surface area (TPSA) is 113 Å². The molecule has 31 heavy (non-hydrogen) atoms. The molecule has 2 N–H and O–H groups in total. The van der Waals surface area contributed by atoms with Gasteiger partial charge < -0.3 is 5.32 Å². The summed E-state index contributed by atoms with van der Waals surface area (Å²) in [4.78, 5) is 4.21.